The van der Waals surface area contributed by atoms with E-state index in [4.69, 9.17) is 4.74 Å². The van der Waals surface area contributed by atoms with Crippen LogP contribution in [0.2, 0.25) is 0 Å². The molecule has 0 saturated carbocycles. The number of carbonyl (C=O) groups is 3. The van der Waals surface area contributed by atoms with Crippen LogP contribution >= 0.6 is 0 Å². The van der Waals surface area contributed by atoms with E-state index in [2.05, 4.69) is 20.9 Å². The lowest BCUT2D eigenvalue weighted by Crippen LogP contribution is -2.33. The van der Waals surface area contributed by atoms with Gasteiger partial charge in [0.25, 0.3) is 5.91 Å². The third kappa shape index (κ3) is 4.23. The van der Waals surface area contributed by atoms with Crippen molar-refractivity contribution in [2.75, 3.05) is 13.2 Å². The van der Waals surface area contributed by atoms with Crippen molar-refractivity contribution in [2.45, 2.75) is 18.9 Å². The number of carbonyl (C=O) groups excluding carboxylic acids is 3. The summed E-state index contributed by atoms with van der Waals surface area (Å²) in [5.41, 5.74) is 0.777. The van der Waals surface area contributed by atoms with E-state index in [0.717, 1.165) is 10.9 Å². The molecule has 130 valence electrons. The van der Waals surface area contributed by atoms with Gasteiger partial charge in [0.2, 0.25) is 5.91 Å². The summed E-state index contributed by atoms with van der Waals surface area (Å²) >= 11 is 0. The number of hydrogen-bond acceptors (Lipinski definition) is 5. The molecule has 8 heteroatoms. The predicted octanol–water partition coefficient (Wildman–Crippen LogP) is 0.718. The van der Waals surface area contributed by atoms with Crippen LogP contribution in [0.5, 0.6) is 5.75 Å². The number of imide groups is 1. The van der Waals surface area contributed by atoms with Gasteiger partial charge in [-0.2, -0.15) is 0 Å². The Morgan fingerprint density at radius 2 is 2.08 bits per heavy atom. The number of nitrogens with one attached hydrogen (secondary N) is 3. The molecule has 1 atom stereocenters. The number of pyridine rings is 1. The highest BCUT2D eigenvalue weighted by Crippen LogP contribution is 2.22. The van der Waals surface area contributed by atoms with E-state index in [9.17, 15) is 14.4 Å². The summed E-state index contributed by atoms with van der Waals surface area (Å²) in [7, 11) is 0. The van der Waals surface area contributed by atoms with Crippen LogP contribution in [-0.2, 0) is 9.59 Å². The van der Waals surface area contributed by atoms with Gasteiger partial charge in [-0.25, -0.2) is 4.79 Å². The average Bonchev–Trinajstić information content (AvgIpc) is 2.94. The minimum absolute atomic E-state index is 0.147. The van der Waals surface area contributed by atoms with E-state index in [-0.39, 0.29) is 18.7 Å². The monoisotopic (exact) mass is 342 g/mol. The standard InChI is InChI=1S/C17H18N4O4/c22-14(7-6-12-16(23)21-17(24)20-12)18-9-10-25-13-5-1-3-11-4-2-8-19-15(11)13/h1-5,8,12H,6-7,9-10H2,(H,18,22)(H2,20,21,23,24)/t12-/m0/s1. The minimum atomic E-state index is -0.642. The first-order valence-electron chi connectivity index (χ1n) is 7.98. The van der Waals surface area contributed by atoms with Crippen LogP contribution in [0, 0.1) is 0 Å². The maximum absolute atomic E-state index is 11.8. The molecule has 1 aliphatic rings. The highest BCUT2D eigenvalue weighted by atomic mass is 16.5. The number of amides is 4. The molecule has 25 heavy (non-hydrogen) atoms. The van der Waals surface area contributed by atoms with E-state index in [1.54, 1.807) is 6.20 Å². The van der Waals surface area contributed by atoms with Gasteiger partial charge in [0.1, 0.15) is 23.9 Å². The molecule has 1 fully saturated rings. The molecule has 0 spiro atoms. The topological polar surface area (TPSA) is 109 Å². The molecule has 1 aromatic heterocycles. The van der Waals surface area contributed by atoms with Crippen LogP contribution in [0.15, 0.2) is 36.5 Å². The second kappa shape index (κ2) is 7.61. The zero-order chi connectivity index (χ0) is 17.6. The molecule has 0 bridgehead atoms. The predicted molar refractivity (Wildman–Crippen MR) is 89.9 cm³/mol. The molecule has 2 heterocycles. The third-order valence-corrected chi connectivity index (χ3v) is 3.80. The minimum Gasteiger partial charge on any atom is -0.489 e. The smallest absolute Gasteiger partial charge is 0.322 e. The van der Waals surface area contributed by atoms with Gasteiger partial charge in [0, 0.05) is 18.0 Å². The maximum Gasteiger partial charge on any atom is 0.322 e. The van der Waals surface area contributed by atoms with Crippen LogP contribution in [0.25, 0.3) is 10.9 Å². The molecule has 1 aliphatic heterocycles. The van der Waals surface area contributed by atoms with Crippen LogP contribution < -0.4 is 20.7 Å². The summed E-state index contributed by atoms with van der Waals surface area (Å²) in [6.07, 6.45) is 2.11. The Hall–Kier alpha value is -3.16. The number of urea groups is 1. The lowest BCUT2D eigenvalue weighted by molar-refractivity contribution is -0.122. The first-order valence-corrected chi connectivity index (χ1v) is 7.98. The van der Waals surface area contributed by atoms with Gasteiger partial charge in [0.05, 0.1) is 6.54 Å². The van der Waals surface area contributed by atoms with Gasteiger partial charge < -0.3 is 15.4 Å². The number of nitrogens with zero attached hydrogens (tertiary/aromatic N) is 1. The van der Waals surface area contributed by atoms with Crippen molar-refractivity contribution < 1.29 is 19.1 Å². The number of benzene rings is 1. The number of ether oxygens (including phenoxy) is 1. The Balaban J connectivity index is 1.40. The Morgan fingerprint density at radius 3 is 2.88 bits per heavy atom. The molecule has 0 aliphatic carbocycles. The van der Waals surface area contributed by atoms with E-state index in [1.807, 2.05) is 30.3 Å². The molecule has 3 N–H and O–H groups in total. The molecule has 1 saturated heterocycles. The second-order valence-corrected chi connectivity index (χ2v) is 5.58. The molecule has 0 unspecified atom stereocenters. The molecule has 1 aromatic carbocycles. The Kier molecular flexibility index (Phi) is 5.08. The van der Waals surface area contributed by atoms with E-state index in [1.165, 1.54) is 0 Å². The van der Waals surface area contributed by atoms with E-state index < -0.39 is 18.0 Å². The summed E-state index contributed by atoms with van der Waals surface area (Å²) in [5, 5.41) is 8.29. The van der Waals surface area contributed by atoms with Crippen LogP contribution in [0.3, 0.4) is 0 Å². The molecule has 8 nitrogen and oxygen atoms in total. The van der Waals surface area contributed by atoms with Gasteiger partial charge in [-0.15, -0.1) is 0 Å². The average molecular weight is 342 g/mol. The van der Waals surface area contributed by atoms with Crippen molar-refractivity contribution in [3.05, 3.63) is 36.5 Å². The fourth-order valence-corrected chi connectivity index (χ4v) is 2.57. The summed E-state index contributed by atoms with van der Waals surface area (Å²) in [6.45, 7) is 0.646. The lowest BCUT2D eigenvalue weighted by Gasteiger charge is -2.10. The van der Waals surface area contributed by atoms with Crippen LogP contribution in [0.1, 0.15) is 12.8 Å². The van der Waals surface area contributed by atoms with Crippen molar-refractivity contribution in [1.29, 1.82) is 0 Å². The van der Waals surface area contributed by atoms with Gasteiger partial charge in [-0.3, -0.25) is 19.9 Å². The van der Waals surface area contributed by atoms with E-state index in [0.29, 0.717) is 18.9 Å². The number of fused-ring (bicyclic) bond motifs is 1. The van der Waals surface area contributed by atoms with Crippen molar-refractivity contribution in [3.8, 4) is 5.75 Å². The van der Waals surface area contributed by atoms with Crippen molar-refractivity contribution in [2.24, 2.45) is 0 Å². The molecule has 4 amide bonds. The normalized spacial score (nSPS) is 16.4. The van der Waals surface area contributed by atoms with Crippen LogP contribution in [0.4, 0.5) is 4.79 Å². The number of hydrogen-bond donors (Lipinski definition) is 3. The van der Waals surface area contributed by atoms with Gasteiger partial charge in [-0.05, 0) is 18.6 Å². The largest absolute Gasteiger partial charge is 0.489 e. The number of aromatic nitrogens is 1. The summed E-state index contributed by atoms with van der Waals surface area (Å²) in [6, 6.07) is 8.32. The number of rotatable bonds is 7. The first kappa shape index (κ1) is 16.7. The SMILES string of the molecule is O=C(CC[C@@H]1NC(=O)NC1=O)NCCOc1cccc2cccnc12. The molecular weight excluding hydrogens is 324 g/mol. The van der Waals surface area contributed by atoms with Gasteiger partial charge in [-0.1, -0.05) is 18.2 Å². The summed E-state index contributed by atoms with van der Waals surface area (Å²) in [4.78, 5) is 38.4. The van der Waals surface area contributed by atoms with Gasteiger partial charge in [0.15, 0.2) is 0 Å². The Bertz CT molecular complexity index is 803. The van der Waals surface area contributed by atoms with Crippen molar-refractivity contribution in [1.82, 2.24) is 20.9 Å². The zero-order valence-electron chi connectivity index (χ0n) is 13.5. The Morgan fingerprint density at radius 1 is 1.24 bits per heavy atom. The van der Waals surface area contributed by atoms with Crippen molar-refractivity contribution >= 4 is 28.7 Å². The van der Waals surface area contributed by atoms with Crippen LogP contribution in [-0.4, -0.2) is 42.0 Å². The lowest BCUT2D eigenvalue weighted by atomic mass is 10.1. The number of para-hydroxylation sites is 1. The third-order valence-electron chi connectivity index (χ3n) is 3.80. The van der Waals surface area contributed by atoms with E-state index >= 15 is 0 Å². The fraction of sp³-hybridized carbons (Fsp3) is 0.294. The maximum atomic E-state index is 11.8. The molecular formula is C17H18N4O4. The summed E-state index contributed by atoms with van der Waals surface area (Å²) < 4.78 is 5.68. The quantitative estimate of drug-likeness (QED) is 0.507. The second-order valence-electron chi connectivity index (χ2n) is 5.58. The molecule has 0 radical (unpaired) electrons. The van der Waals surface area contributed by atoms with Gasteiger partial charge >= 0.3 is 6.03 Å². The highest BCUT2D eigenvalue weighted by Gasteiger charge is 2.29. The Labute approximate surface area is 143 Å². The van der Waals surface area contributed by atoms with Crippen molar-refractivity contribution in [3.63, 3.8) is 0 Å². The molecule has 3 rings (SSSR count). The summed E-state index contributed by atoms with van der Waals surface area (Å²) in [5.74, 6) is 0.0656. The first-order chi connectivity index (χ1) is 12.1. The molecule has 2 aromatic rings. The fourth-order valence-electron chi connectivity index (χ4n) is 2.57. The zero-order valence-corrected chi connectivity index (χ0v) is 13.5. The highest BCUT2D eigenvalue weighted by molar-refractivity contribution is 6.04.